The third kappa shape index (κ3) is 5.27. The van der Waals surface area contributed by atoms with Crippen molar-refractivity contribution in [1.82, 2.24) is 5.32 Å². The minimum atomic E-state index is -1.28. The summed E-state index contributed by atoms with van der Waals surface area (Å²) >= 11 is 7.38. The Labute approximate surface area is 207 Å². The number of ether oxygens (including phenoxy) is 1. The highest BCUT2D eigenvalue weighted by atomic mass is 35.5. The summed E-state index contributed by atoms with van der Waals surface area (Å²) in [6.45, 7) is 5.82. The van der Waals surface area contributed by atoms with Crippen LogP contribution in [0.15, 0.2) is 47.0 Å². The quantitative estimate of drug-likeness (QED) is 0.453. The number of thioether (sulfide) groups is 1. The van der Waals surface area contributed by atoms with Gasteiger partial charge in [-0.2, -0.15) is 5.26 Å². The molecule has 0 unspecified atom stereocenters. The van der Waals surface area contributed by atoms with Gasteiger partial charge < -0.3 is 15.4 Å². The predicted octanol–water partition coefficient (Wildman–Crippen LogP) is 4.37. The van der Waals surface area contributed by atoms with Gasteiger partial charge in [0, 0.05) is 16.6 Å². The molecule has 0 radical (unpaired) electrons. The first-order valence-corrected chi connectivity index (χ1v) is 11.8. The summed E-state index contributed by atoms with van der Waals surface area (Å²) in [6, 6.07) is 12.8. The van der Waals surface area contributed by atoms with E-state index in [1.165, 1.54) is 7.11 Å². The number of amides is 2. The third-order valence-electron chi connectivity index (χ3n) is 5.51. The molecule has 1 heterocycles. The highest BCUT2D eigenvalue weighted by Gasteiger charge is 2.45. The highest BCUT2D eigenvalue weighted by molar-refractivity contribution is 8.03. The zero-order valence-electron chi connectivity index (χ0n) is 19.2. The Morgan fingerprint density at radius 2 is 1.85 bits per heavy atom. The molecule has 1 aliphatic heterocycles. The van der Waals surface area contributed by atoms with Gasteiger partial charge in [-0.1, -0.05) is 59.3 Å². The molecule has 0 aromatic heterocycles. The normalized spacial score (nSPS) is 17.6. The number of methoxy groups -OCH3 is 1. The lowest BCUT2D eigenvalue weighted by Gasteiger charge is -2.31. The summed E-state index contributed by atoms with van der Waals surface area (Å²) in [4.78, 5) is 38.1. The SMILES string of the molecule is COC(=O)[C@@H]1C(=O)NC(SCC(=O)Nc2c(C)cc(C)cc2C)=C(C#N)[C@H]1c1ccccc1Cl. The predicted molar refractivity (Wildman–Crippen MR) is 132 cm³/mol. The van der Waals surface area contributed by atoms with Gasteiger partial charge in [-0.15, -0.1) is 0 Å². The molecule has 0 saturated heterocycles. The van der Waals surface area contributed by atoms with Crippen molar-refractivity contribution in [3.63, 3.8) is 0 Å². The summed E-state index contributed by atoms with van der Waals surface area (Å²) in [5.41, 5.74) is 4.32. The number of rotatable bonds is 6. The lowest BCUT2D eigenvalue weighted by molar-refractivity contribution is -0.150. The van der Waals surface area contributed by atoms with Crippen LogP contribution < -0.4 is 10.6 Å². The molecule has 2 N–H and O–H groups in total. The molecule has 0 fully saturated rings. The standard InChI is InChI=1S/C25H24ClN3O4S/c1-13-9-14(2)22(15(3)10-13)28-19(30)12-34-24-17(11-27)20(16-7-5-6-8-18(16)26)21(23(31)29-24)25(32)33-4/h5-10,20-21H,12H2,1-4H3,(H,28,30)(H,29,31)/t20-,21+/m1/s1. The number of allylic oxidation sites excluding steroid dienone is 1. The van der Waals surface area contributed by atoms with Crippen molar-refractivity contribution in [2.24, 2.45) is 5.92 Å². The molecule has 2 amide bonds. The number of hydrogen-bond donors (Lipinski definition) is 2. The molecule has 0 spiro atoms. The topological polar surface area (TPSA) is 108 Å². The first-order valence-electron chi connectivity index (χ1n) is 10.5. The molecule has 1 aliphatic rings. The fourth-order valence-corrected chi connectivity index (χ4v) is 5.18. The summed E-state index contributed by atoms with van der Waals surface area (Å²) < 4.78 is 4.83. The van der Waals surface area contributed by atoms with E-state index in [1.807, 2.05) is 32.9 Å². The number of nitrogens with zero attached hydrogens (tertiary/aromatic N) is 1. The Kier molecular flexibility index (Phi) is 8.02. The van der Waals surface area contributed by atoms with E-state index in [-0.39, 0.29) is 22.3 Å². The van der Waals surface area contributed by atoms with E-state index in [2.05, 4.69) is 16.7 Å². The van der Waals surface area contributed by atoms with Crippen LogP contribution in [0.4, 0.5) is 5.69 Å². The van der Waals surface area contributed by atoms with Crippen LogP contribution >= 0.6 is 23.4 Å². The van der Waals surface area contributed by atoms with Crippen molar-refractivity contribution in [3.8, 4) is 6.07 Å². The summed E-state index contributed by atoms with van der Waals surface area (Å²) in [7, 11) is 1.18. The van der Waals surface area contributed by atoms with Crippen LogP contribution in [0.3, 0.4) is 0 Å². The van der Waals surface area contributed by atoms with E-state index in [1.54, 1.807) is 24.3 Å². The molecule has 0 aliphatic carbocycles. The van der Waals surface area contributed by atoms with Gasteiger partial charge in [0.05, 0.1) is 29.5 Å². The van der Waals surface area contributed by atoms with Gasteiger partial charge >= 0.3 is 5.97 Å². The molecule has 176 valence electrons. The second kappa shape index (κ2) is 10.8. The Morgan fingerprint density at radius 1 is 1.21 bits per heavy atom. The van der Waals surface area contributed by atoms with E-state index >= 15 is 0 Å². The maximum absolute atomic E-state index is 12.9. The molecule has 2 aromatic carbocycles. The fourth-order valence-electron chi connectivity index (χ4n) is 4.07. The number of aryl methyl sites for hydroxylation is 3. The van der Waals surface area contributed by atoms with Gasteiger partial charge in [0.1, 0.15) is 5.92 Å². The number of carbonyl (C=O) groups excluding carboxylic acids is 3. The van der Waals surface area contributed by atoms with Crippen molar-refractivity contribution >= 4 is 46.8 Å². The van der Waals surface area contributed by atoms with E-state index in [9.17, 15) is 19.6 Å². The zero-order valence-corrected chi connectivity index (χ0v) is 20.8. The Morgan fingerprint density at radius 3 is 2.44 bits per heavy atom. The van der Waals surface area contributed by atoms with Crippen molar-refractivity contribution in [1.29, 1.82) is 5.26 Å². The number of esters is 1. The first-order chi connectivity index (χ1) is 16.2. The second-order valence-electron chi connectivity index (χ2n) is 7.95. The van der Waals surface area contributed by atoms with Gasteiger partial charge in [-0.05, 0) is 43.5 Å². The van der Waals surface area contributed by atoms with Crippen LogP contribution in [0.2, 0.25) is 5.02 Å². The van der Waals surface area contributed by atoms with E-state index in [0.717, 1.165) is 34.1 Å². The molecule has 3 rings (SSSR count). The molecular weight excluding hydrogens is 474 g/mol. The van der Waals surface area contributed by atoms with Crippen molar-refractivity contribution in [2.75, 3.05) is 18.2 Å². The number of nitrogens with one attached hydrogen (secondary N) is 2. The second-order valence-corrected chi connectivity index (χ2v) is 9.35. The van der Waals surface area contributed by atoms with Gasteiger partial charge in [0.15, 0.2) is 0 Å². The van der Waals surface area contributed by atoms with E-state index in [0.29, 0.717) is 10.6 Å². The Hall–Kier alpha value is -3.28. The average Bonchev–Trinajstić information content (AvgIpc) is 2.79. The minimum Gasteiger partial charge on any atom is -0.468 e. The summed E-state index contributed by atoms with van der Waals surface area (Å²) in [5, 5.41) is 16.0. The Balaban J connectivity index is 1.91. The molecule has 2 atom stereocenters. The molecule has 7 nitrogen and oxygen atoms in total. The van der Waals surface area contributed by atoms with Crippen LogP contribution in [0.5, 0.6) is 0 Å². The smallest absolute Gasteiger partial charge is 0.319 e. The number of carbonyl (C=O) groups is 3. The summed E-state index contributed by atoms with van der Waals surface area (Å²) in [6.07, 6.45) is 0. The van der Waals surface area contributed by atoms with Crippen LogP contribution in [0.25, 0.3) is 0 Å². The van der Waals surface area contributed by atoms with E-state index < -0.39 is 23.7 Å². The molecule has 0 bridgehead atoms. The number of halogens is 1. The van der Waals surface area contributed by atoms with Crippen LogP contribution in [0.1, 0.15) is 28.2 Å². The average molecular weight is 498 g/mol. The van der Waals surface area contributed by atoms with Gasteiger partial charge in [0.2, 0.25) is 11.8 Å². The van der Waals surface area contributed by atoms with Crippen LogP contribution in [0, 0.1) is 38.0 Å². The maximum Gasteiger partial charge on any atom is 0.319 e. The van der Waals surface area contributed by atoms with Gasteiger partial charge in [0.25, 0.3) is 0 Å². The van der Waals surface area contributed by atoms with Gasteiger partial charge in [-0.25, -0.2) is 0 Å². The lowest BCUT2D eigenvalue weighted by atomic mass is 9.78. The summed E-state index contributed by atoms with van der Waals surface area (Å²) in [5.74, 6) is -3.96. The molecule has 0 saturated carbocycles. The Bertz CT molecular complexity index is 1210. The molecule has 2 aromatic rings. The molecular formula is C25H24ClN3O4S. The number of benzene rings is 2. The fraction of sp³-hybridized carbons (Fsp3) is 0.280. The zero-order chi connectivity index (χ0) is 25.0. The third-order valence-corrected chi connectivity index (χ3v) is 6.87. The van der Waals surface area contributed by atoms with Crippen LogP contribution in [-0.4, -0.2) is 30.6 Å². The number of nitriles is 1. The largest absolute Gasteiger partial charge is 0.468 e. The van der Waals surface area contributed by atoms with E-state index in [4.69, 9.17) is 16.3 Å². The van der Waals surface area contributed by atoms with Crippen molar-refractivity contribution in [3.05, 3.63) is 74.3 Å². The first kappa shape index (κ1) is 25.3. The molecule has 9 heteroatoms. The highest BCUT2D eigenvalue weighted by Crippen LogP contribution is 2.42. The van der Waals surface area contributed by atoms with Gasteiger partial charge in [-0.3, -0.25) is 14.4 Å². The number of anilines is 1. The lowest BCUT2D eigenvalue weighted by Crippen LogP contribution is -2.44. The minimum absolute atomic E-state index is 0.0499. The monoisotopic (exact) mass is 497 g/mol. The van der Waals surface area contributed by atoms with Crippen molar-refractivity contribution < 1.29 is 19.1 Å². The molecule has 34 heavy (non-hydrogen) atoms. The van der Waals surface area contributed by atoms with Crippen LogP contribution in [-0.2, 0) is 19.1 Å². The number of hydrogen-bond acceptors (Lipinski definition) is 6. The maximum atomic E-state index is 12.9. The van der Waals surface area contributed by atoms with Crippen molar-refractivity contribution in [2.45, 2.75) is 26.7 Å².